The molecule has 0 aromatic carbocycles. The Hall–Kier alpha value is -0.540. The molecule has 1 rings (SSSR count). The van der Waals surface area contributed by atoms with Gasteiger partial charge in [-0.25, -0.2) is 0 Å². The van der Waals surface area contributed by atoms with Crippen LogP contribution in [0.15, 0.2) is 11.4 Å². The predicted molar refractivity (Wildman–Crippen MR) is 61.3 cm³/mol. The molecule has 0 bridgehead atoms. The highest BCUT2D eigenvalue weighted by Gasteiger charge is 2.13. The number of thiophene rings is 1. The molecule has 1 amide bonds. The van der Waals surface area contributed by atoms with E-state index in [0.29, 0.717) is 5.88 Å². The van der Waals surface area contributed by atoms with Crippen LogP contribution in [-0.2, 0) is 0 Å². The van der Waals surface area contributed by atoms with Crippen LogP contribution in [0.2, 0.25) is 0 Å². The van der Waals surface area contributed by atoms with Crippen molar-refractivity contribution < 1.29 is 4.79 Å². The second kappa shape index (κ2) is 5.37. The Morgan fingerprint density at radius 1 is 1.71 bits per heavy atom. The lowest BCUT2D eigenvalue weighted by molar-refractivity contribution is 0.0943. The maximum absolute atomic E-state index is 11.7. The summed E-state index contributed by atoms with van der Waals surface area (Å²) in [6.45, 7) is 3.95. The lowest BCUT2D eigenvalue weighted by atomic mass is 10.2. The van der Waals surface area contributed by atoms with E-state index in [-0.39, 0.29) is 11.9 Å². The third kappa shape index (κ3) is 2.72. The molecular formula is C10H14ClNOS. The van der Waals surface area contributed by atoms with E-state index in [0.717, 1.165) is 16.9 Å². The average Bonchev–Trinajstić information content (AvgIpc) is 2.60. The number of halogens is 1. The topological polar surface area (TPSA) is 29.1 Å². The molecule has 14 heavy (non-hydrogen) atoms. The van der Waals surface area contributed by atoms with Crippen LogP contribution in [0.4, 0.5) is 0 Å². The van der Waals surface area contributed by atoms with E-state index >= 15 is 0 Å². The molecule has 2 nitrogen and oxygen atoms in total. The number of hydrogen-bond donors (Lipinski definition) is 1. The molecule has 0 aliphatic carbocycles. The second-order valence-electron chi connectivity index (χ2n) is 3.17. The van der Waals surface area contributed by atoms with E-state index in [4.69, 9.17) is 11.6 Å². The van der Waals surface area contributed by atoms with E-state index in [1.165, 1.54) is 11.3 Å². The molecule has 0 aliphatic heterocycles. The minimum absolute atomic E-state index is 0.00926. The van der Waals surface area contributed by atoms with Gasteiger partial charge in [0.1, 0.15) is 0 Å². The zero-order chi connectivity index (χ0) is 10.6. The molecule has 0 spiro atoms. The summed E-state index contributed by atoms with van der Waals surface area (Å²) in [5, 5.41) is 4.82. The molecule has 0 saturated heterocycles. The molecule has 0 radical (unpaired) electrons. The van der Waals surface area contributed by atoms with Crippen molar-refractivity contribution in [1.82, 2.24) is 5.32 Å². The first-order valence-corrected chi connectivity index (χ1v) is 6.01. The van der Waals surface area contributed by atoms with Crippen molar-refractivity contribution in [3.63, 3.8) is 0 Å². The van der Waals surface area contributed by atoms with Crippen molar-refractivity contribution in [3.05, 3.63) is 21.9 Å². The van der Waals surface area contributed by atoms with Crippen molar-refractivity contribution in [2.24, 2.45) is 0 Å². The summed E-state index contributed by atoms with van der Waals surface area (Å²) in [6, 6.07) is 2.02. The van der Waals surface area contributed by atoms with Gasteiger partial charge in [0.15, 0.2) is 0 Å². The van der Waals surface area contributed by atoms with Gasteiger partial charge < -0.3 is 5.32 Å². The lowest BCUT2D eigenvalue weighted by Crippen LogP contribution is -2.35. The summed E-state index contributed by atoms with van der Waals surface area (Å²) < 4.78 is 0. The first-order valence-electron chi connectivity index (χ1n) is 4.60. The Balaban J connectivity index is 2.63. The summed E-state index contributed by atoms with van der Waals surface area (Å²) >= 11 is 7.17. The summed E-state index contributed by atoms with van der Waals surface area (Å²) in [6.07, 6.45) is 0.861. The van der Waals surface area contributed by atoms with Crippen LogP contribution in [-0.4, -0.2) is 17.8 Å². The van der Waals surface area contributed by atoms with Crippen LogP contribution in [0.5, 0.6) is 0 Å². The zero-order valence-electron chi connectivity index (χ0n) is 8.34. The zero-order valence-corrected chi connectivity index (χ0v) is 9.91. The quantitative estimate of drug-likeness (QED) is 0.794. The van der Waals surface area contributed by atoms with Gasteiger partial charge in [0.05, 0.1) is 4.88 Å². The minimum atomic E-state index is -0.00926. The predicted octanol–water partition coefficient (Wildman–Crippen LogP) is 2.80. The van der Waals surface area contributed by atoms with Gasteiger partial charge >= 0.3 is 0 Å². The van der Waals surface area contributed by atoms with Gasteiger partial charge in [0, 0.05) is 11.9 Å². The van der Waals surface area contributed by atoms with E-state index in [9.17, 15) is 4.79 Å². The fraction of sp³-hybridized carbons (Fsp3) is 0.500. The van der Waals surface area contributed by atoms with Gasteiger partial charge in [-0.2, -0.15) is 0 Å². The van der Waals surface area contributed by atoms with Crippen LogP contribution >= 0.6 is 22.9 Å². The molecule has 1 aromatic rings. The van der Waals surface area contributed by atoms with Gasteiger partial charge in [0.25, 0.3) is 5.91 Å². The molecule has 1 unspecified atom stereocenters. The van der Waals surface area contributed by atoms with Gasteiger partial charge in [-0.15, -0.1) is 22.9 Å². The maximum Gasteiger partial charge on any atom is 0.261 e. The SMILES string of the molecule is CCC(CCl)NC(=O)c1sccc1C. The van der Waals surface area contributed by atoms with Crippen molar-refractivity contribution in [1.29, 1.82) is 0 Å². The Morgan fingerprint density at radius 3 is 2.86 bits per heavy atom. The Morgan fingerprint density at radius 2 is 2.43 bits per heavy atom. The van der Waals surface area contributed by atoms with Crippen LogP contribution in [0, 0.1) is 6.92 Å². The second-order valence-corrected chi connectivity index (χ2v) is 4.39. The van der Waals surface area contributed by atoms with Crippen molar-refractivity contribution in [2.75, 3.05) is 5.88 Å². The number of carbonyl (C=O) groups is 1. The first-order chi connectivity index (χ1) is 6.69. The Bertz CT molecular complexity index is 307. The number of alkyl halides is 1. The van der Waals surface area contributed by atoms with Gasteiger partial charge in [0.2, 0.25) is 0 Å². The standard InChI is InChI=1S/C10H14ClNOS/c1-3-8(6-11)12-10(13)9-7(2)4-5-14-9/h4-5,8H,3,6H2,1-2H3,(H,12,13). The van der Waals surface area contributed by atoms with Crippen LogP contribution < -0.4 is 5.32 Å². The number of hydrogen-bond acceptors (Lipinski definition) is 2. The Labute approximate surface area is 93.3 Å². The van der Waals surface area contributed by atoms with E-state index in [2.05, 4.69) is 5.32 Å². The van der Waals surface area contributed by atoms with E-state index < -0.39 is 0 Å². The third-order valence-electron chi connectivity index (χ3n) is 2.08. The number of nitrogens with one attached hydrogen (secondary N) is 1. The van der Waals surface area contributed by atoms with Crippen molar-refractivity contribution >= 4 is 28.8 Å². The molecule has 1 N–H and O–H groups in total. The summed E-state index contributed by atoms with van der Waals surface area (Å²) in [7, 11) is 0. The maximum atomic E-state index is 11.7. The summed E-state index contributed by atoms with van der Waals surface area (Å²) in [5.74, 6) is 0.456. The highest BCUT2D eigenvalue weighted by molar-refractivity contribution is 7.12. The normalized spacial score (nSPS) is 12.5. The molecule has 0 aliphatic rings. The van der Waals surface area contributed by atoms with Crippen LogP contribution in [0.3, 0.4) is 0 Å². The minimum Gasteiger partial charge on any atom is -0.347 e. The lowest BCUT2D eigenvalue weighted by Gasteiger charge is -2.13. The summed E-state index contributed by atoms with van der Waals surface area (Å²) in [4.78, 5) is 12.5. The number of amides is 1. The van der Waals surface area contributed by atoms with E-state index in [1.807, 2.05) is 25.3 Å². The number of rotatable bonds is 4. The fourth-order valence-corrected chi connectivity index (χ4v) is 2.23. The molecule has 1 aromatic heterocycles. The van der Waals surface area contributed by atoms with Gasteiger partial charge in [-0.05, 0) is 30.4 Å². The first kappa shape index (κ1) is 11.5. The molecule has 4 heteroatoms. The molecule has 78 valence electrons. The van der Waals surface area contributed by atoms with Crippen LogP contribution in [0.25, 0.3) is 0 Å². The van der Waals surface area contributed by atoms with Gasteiger partial charge in [-0.3, -0.25) is 4.79 Å². The summed E-state index contributed by atoms with van der Waals surface area (Å²) in [5.41, 5.74) is 1.02. The molecule has 0 saturated carbocycles. The van der Waals surface area contributed by atoms with Crippen molar-refractivity contribution in [3.8, 4) is 0 Å². The smallest absolute Gasteiger partial charge is 0.261 e. The number of carbonyl (C=O) groups excluding carboxylic acids is 1. The van der Waals surface area contributed by atoms with Crippen molar-refractivity contribution in [2.45, 2.75) is 26.3 Å². The Kier molecular flexibility index (Phi) is 4.42. The number of aryl methyl sites for hydroxylation is 1. The molecule has 1 heterocycles. The molecular weight excluding hydrogens is 218 g/mol. The van der Waals surface area contributed by atoms with E-state index in [1.54, 1.807) is 0 Å². The monoisotopic (exact) mass is 231 g/mol. The highest BCUT2D eigenvalue weighted by atomic mass is 35.5. The molecule has 0 fully saturated rings. The third-order valence-corrected chi connectivity index (χ3v) is 3.47. The largest absolute Gasteiger partial charge is 0.347 e. The average molecular weight is 232 g/mol. The van der Waals surface area contributed by atoms with Crippen LogP contribution in [0.1, 0.15) is 28.6 Å². The molecule has 1 atom stereocenters. The highest BCUT2D eigenvalue weighted by Crippen LogP contribution is 2.15. The fourth-order valence-electron chi connectivity index (χ4n) is 1.11. The van der Waals surface area contributed by atoms with Gasteiger partial charge in [-0.1, -0.05) is 6.92 Å².